The van der Waals surface area contributed by atoms with Crippen LogP contribution in [-0.2, 0) is 14.4 Å². The number of nitrogens with zero attached hydrogens (tertiary/aromatic N) is 3. The fourth-order valence-electron chi connectivity index (χ4n) is 5.45. The molecule has 38 heavy (non-hydrogen) atoms. The number of hydrogen-bond donors (Lipinski definition) is 2. The molecule has 1 aromatic carbocycles. The first kappa shape index (κ1) is 29.6. The van der Waals surface area contributed by atoms with Crippen LogP contribution in [0.3, 0.4) is 0 Å². The summed E-state index contributed by atoms with van der Waals surface area (Å²) in [7, 11) is 0. The Morgan fingerprint density at radius 1 is 1.05 bits per heavy atom. The first-order valence-corrected chi connectivity index (χ1v) is 13.8. The normalized spacial score (nSPS) is 20.9. The first-order chi connectivity index (χ1) is 17.8. The minimum Gasteiger partial charge on any atom is -0.372 e. The molecule has 0 bridgehead atoms. The molecule has 9 nitrogen and oxygen atoms in total. The lowest BCUT2D eigenvalue weighted by molar-refractivity contribution is -0.138. The number of benzene rings is 1. The summed E-state index contributed by atoms with van der Waals surface area (Å²) in [6.45, 7) is 15.9. The SMILES string of the molecule is CCN(CC)c1ccc(C(=O)NC(CC(C)C)C(=O)N2CCC3C2C(=O)CN3C(=O)C(N)C(C)(C)C)cc1. The van der Waals surface area contributed by atoms with Gasteiger partial charge in [-0.15, -0.1) is 0 Å². The van der Waals surface area contributed by atoms with Crippen LogP contribution in [0.1, 0.15) is 71.7 Å². The largest absolute Gasteiger partial charge is 0.372 e. The molecule has 3 rings (SSSR count). The van der Waals surface area contributed by atoms with Crippen LogP contribution in [0.4, 0.5) is 5.69 Å². The van der Waals surface area contributed by atoms with E-state index in [1.807, 2.05) is 46.8 Å². The maximum absolute atomic E-state index is 13.8. The van der Waals surface area contributed by atoms with E-state index in [-0.39, 0.29) is 42.0 Å². The third kappa shape index (κ3) is 6.20. The smallest absolute Gasteiger partial charge is 0.251 e. The van der Waals surface area contributed by atoms with E-state index >= 15 is 0 Å². The third-order valence-corrected chi connectivity index (χ3v) is 7.76. The summed E-state index contributed by atoms with van der Waals surface area (Å²) in [6, 6.07) is 4.80. The minimum atomic E-state index is -0.766. The Hall–Kier alpha value is -2.94. The van der Waals surface area contributed by atoms with Crippen LogP contribution < -0.4 is 16.0 Å². The molecule has 210 valence electrons. The van der Waals surface area contributed by atoms with E-state index in [0.29, 0.717) is 24.9 Å². The fraction of sp³-hybridized carbons (Fsp3) is 0.655. The zero-order chi connectivity index (χ0) is 28.4. The molecule has 0 spiro atoms. The summed E-state index contributed by atoms with van der Waals surface area (Å²) >= 11 is 0. The van der Waals surface area contributed by atoms with E-state index in [2.05, 4.69) is 24.1 Å². The van der Waals surface area contributed by atoms with E-state index in [0.717, 1.165) is 18.8 Å². The van der Waals surface area contributed by atoms with Crippen LogP contribution >= 0.6 is 0 Å². The number of fused-ring (bicyclic) bond motifs is 1. The van der Waals surface area contributed by atoms with Crippen molar-refractivity contribution in [3.05, 3.63) is 29.8 Å². The van der Waals surface area contributed by atoms with Gasteiger partial charge in [-0.05, 0) is 62.3 Å². The fourth-order valence-corrected chi connectivity index (χ4v) is 5.45. The molecule has 3 N–H and O–H groups in total. The Bertz CT molecular complexity index is 1030. The highest BCUT2D eigenvalue weighted by atomic mass is 16.2. The highest BCUT2D eigenvalue weighted by Crippen LogP contribution is 2.32. The molecule has 4 unspecified atom stereocenters. The molecule has 0 saturated carbocycles. The third-order valence-electron chi connectivity index (χ3n) is 7.76. The average molecular weight is 528 g/mol. The second kappa shape index (κ2) is 11.8. The zero-order valence-electron chi connectivity index (χ0n) is 24.0. The summed E-state index contributed by atoms with van der Waals surface area (Å²) in [5.41, 5.74) is 7.29. The van der Waals surface area contributed by atoms with Crippen molar-refractivity contribution in [2.75, 3.05) is 31.1 Å². The van der Waals surface area contributed by atoms with Crippen molar-refractivity contribution in [3.63, 3.8) is 0 Å². The number of Topliss-reactive ketones (excluding diaryl/α,β-unsaturated/α-hetero) is 1. The zero-order valence-corrected chi connectivity index (χ0v) is 24.0. The quantitative estimate of drug-likeness (QED) is 0.510. The van der Waals surface area contributed by atoms with Crippen LogP contribution in [0.2, 0.25) is 0 Å². The van der Waals surface area contributed by atoms with Crippen molar-refractivity contribution in [3.8, 4) is 0 Å². The molecule has 1 aromatic rings. The van der Waals surface area contributed by atoms with Crippen molar-refractivity contribution in [1.29, 1.82) is 0 Å². The predicted octanol–water partition coefficient (Wildman–Crippen LogP) is 2.43. The number of carbonyl (C=O) groups excluding carboxylic acids is 4. The molecular formula is C29H45N5O4. The topological polar surface area (TPSA) is 116 Å². The predicted molar refractivity (Wildman–Crippen MR) is 149 cm³/mol. The average Bonchev–Trinajstić information content (AvgIpc) is 3.44. The molecular weight excluding hydrogens is 482 g/mol. The van der Waals surface area contributed by atoms with Crippen molar-refractivity contribution >= 4 is 29.2 Å². The number of ketones is 1. The van der Waals surface area contributed by atoms with Gasteiger partial charge >= 0.3 is 0 Å². The van der Waals surface area contributed by atoms with E-state index in [1.165, 1.54) is 0 Å². The van der Waals surface area contributed by atoms with Gasteiger partial charge in [0.25, 0.3) is 5.91 Å². The van der Waals surface area contributed by atoms with Gasteiger partial charge in [-0.3, -0.25) is 19.2 Å². The van der Waals surface area contributed by atoms with Gasteiger partial charge in [0.1, 0.15) is 12.1 Å². The van der Waals surface area contributed by atoms with Gasteiger partial charge in [-0.2, -0.15) is 0 Å². The molecule has 2 aliphatic rings. The molecule has 2 heterocycles. The molecule has 0 aromatic heterocycles. The van der Waals surface area contributed by atoms with Crippen molar-refractivity contribution in [2.24, 2.45) is 17.1 Å². The van der Waals surface area contributed by atoms with Gasteiger partial charge in [-0.1, -0.05) is 34.6 Å². The number of rotatable bonds is 9. The van der Waals surface area contributed by atoms with Gasteiger partial charge in [0.05, 0.1) is 18.6 Å². The van der Waals surface area contributed by atoms with E-state index in [4.69, 9.17) is 5.73 Å². The van der Waals surface area contributed by atoms with Crippen LogP contribution in [-0.4, -0.2) is 83.7 Å². The van der Waals surface area contributed by atoms with E-state index in [1.54, 1.807) is 21.9 Å². The van der Waals surface area contributed by atoms with Crippen molar-refractivity contribution in [2.45, 2.75) is 85.5 Å². The highest BCUT2D eigenvalue weighted by molar-refractivity contribution is 6.01. The monoisotopic (exact) mass is 527 g/mol. The van der Waals surface area contributed by atoms with Crippen LogP contribution in [0.5, 0.6) is 0 Å². The molecule has 0 radical (unpaired) electrons. The number of anilines is 1. The van der Waals surface area contributed by atoms with Gasteiger partial charge in [0, 0.05) is 30.9 Å². The Labute approximate surface area is 227 Å². The summed E-state index contributed by atoms with van der Waals surface area (Å²) in [6.07, 6.45) is 0.960. The Balaban J connectivity index is 1.76. The second-order valence-electron chi connectivity index (χ2n) is 12.0. The Morgan fingerprint density at radius 2 is 1.66 bits per heavy atom. The maximum atomic E-state index is 13.8. The summed E-state index contributed by atoms with van der Waals surface area (Å²) in [5, 5.41) is 2.93. The lowest BCUT2D eigenvalue weighted by Crippen LogP contribution is -2.54. The van der Waals surface area contributed by atoms with E-state index in [9.17, 15) is 19.2 Å². The molecule has 2 saturated heterocycles. The number of nitrogens with one attached hydrogen (secondary N) is 1. The van der Waals surface area contributed by atoms with Crippen LogP contribution in [0.15, 0.2) is 24.3 Å². The van der Waals surface area contributed by atoms with Gasteiger partial charge in [0.2, 0.25) is 11.8 Å². The standard InChI is InChI=1S/C29H45N5O4/c1-8-32(9-2)20-12-10-19(11-13-20)26(36)31-21(16-18(3)4)27(37)33-15-14-22-24(33)23(35)17-34(22)28(38)25(30)29(5,6)7/h10-13,18,21-22,24-25H,8-9,14-17,30H2,1-7H3,(H,31,36). The summed E-state index contributed by atoms with van der Waals surface area (Å²) in [5.74, 6) is -0.863. The molecule has 2 fully saturated rings. The summed E-state index contributed by atoms with van der Waals surface area (Å²) in [4.78, 5) is 58.4. The number of likely N-dealkylation sites (tertiary alicyclic amines) is 2. The van der Waals surface area contributed by atoms with Gasteiger partial charge in [-0.25, -0.2) is 0 Å². The number of amides is 3. The van der Waals surface area contributed by atoms with Crippen LogP contribution in [0.25, 0.3) is 0 Å². The number of carbonyl (C=O) groups is 4. The molecule has 3 amide bonds. The molecule has 4 atom stereocenters. The lowest BCUT2D eigenvalue weighted by atomic mass is 9.86. The number of nitrogens with two attached hydrogens (primary N) is 1. The molecule has 9 heteroatoms. The van der Waals surface area contributed by atoms with Gasteiger partial charge in [0.15, 0.2) is 5.78 Å². The second-order valence-corrected chi connectivity index (χ2v) is 12.0. The van der Waals surface area contributed by atoms with Gasteiger partial charge < -0.3 is 25.8 Å². The molecule has 0 aliphatic carbocycles. The first-order valence-electron chi connectivity index (χ1n) is 13.8. The maximum Gasteiger partial charge on any atom is 0.251 e. The van der Waals surface area contributed by atoms with Crippen molar-refractivity contribution < 1.29 is 19.2 Å². The molecule has 2 aliphatic heterocycles. The van der Waals surface area contributed by atoms with Crippen LogP contribution in [0, 0.1) is 11.3 Å². The summed E-state index contributed by atoms with van der Waals surface area (Å²) < 4.78 is 0. The Kier molecular flexibility index (Phi) is 9.23. The van der Waals surface area contributed by atoms with Crippen molar-refractivity contribution in [1.82, 2.24) is 15.1 Å². The lowest BCUT2D eigenvalue weighted by Gasteiger charge is -2.32. The minimum absolute atomic E-state index is 0.0399. The Morgan fingerprint density at radius 3 is 2.18 bits per heavy atom. The number of hydrogen-bond acceptors (Lipinski definition) is 6. The highest BCUT2D eigenvalue weighted by Gasteiger charge is 2.53. The van der Waals surface area contributed by atoms with E-state index < -0.39 is 23.5 Å².